The van der Waals surface area contributed by atoms with E-state index in [1.807, 2.05) is 6.92 Å². The molecule has 0 aliphatic carbocycles. The number of carbonyl (C=O) groups is 1. The van der Waals surface area contributed by atoms with Gasteiger partial charge in [0.1, 0.15) is 0 Å². The minimum absolute atomic E-state index is 0.198. The predicted octanol–water partition coefficient (Wildman–Crippen LogP) is 1.84. The van der Waals surface area contributed by atoms with Crippen molar-refractivity contribution >= 4 is 5.97 Å². The minimum Gasteiger partial charge on any atom is -0.478 e. The molecule has 0 aromatic heterocycles. The van der Waals surface area contributed by atoms with Gasteiger partial charge >= 0.3 is 5.97 Å². The molecule has 0 fully saturated rings. The van der Waals surface area contributed by atoms with Crippen LogP contribution < -0.4 is 0 Å². The molecule has 0 saturated carbocycles. The van der Waals surface area contributed by atoms with Crippen molar-refractivity contribution in [2.45, 2.75) is 13.3 Å². The Bertz CT molecular complexity index is 159. The first-order valence-corrected chi connectivity index (χ1v) is 3.11. The first-order valence-electron chi connectivity index (χ1n) is 3.11. The molecule has 1 unspecified atom stereocenters. The van der Waals surface area contributed by atoms with E-state index < -0.39 is 5.97 Å². The largest absolute Gasteiger partial charge is 0.478 e. The van der Waals surface area contributed by atoms with Crippen LogP contribution in [0.4, 0.5) is 0 Å². The van der Waals surface area contributed by atoms with Crippen LogP contribution in [0, 0.1) is 5.92 Å². The Labute approximate surface area is 60.9 Å². The second-order valence-corrected chi connectivity index (χ2v) is 2.33. The molecule has 2 nitrogen and oxygen atoms in total. The monoisotopic (exact) mass is 140 g/mol. The number of allylic oxidation sites excluding steroid dienone is 1. The third kappa shape index (κ3) is 3.07. The van der Waals surface area contributed by atoms with Gasteiger partial charge in [0.15, 0.2) is 0 Å². The zero-order chi connectivity index (χ0) is 8.15. The summed E-state index contributed by atoms with van der Waals surface area (Å²) in [5, 5.41) is 8.39. The Hall–Kier alpha value is -1.05. The van der Waals surface area contributed by atoms with Crippen LogP contribution in [0.3, 0.4) is 0 Å². The van der Waals surface area contributed by atoms with Gasteiger partial charge in [0.25, 0.3) is 0 Å². The van der Waals surface area contributed by atoms with E-state index >= 15 is 0 Å². The molecule has 0 aliphatic rings. The summed E-state index contributed by atoms with van der Waals surface area (Å²) in [4.78, 5) is 10.2. The second kappa shape index (κ2) is 3.88. The summed E-state index contributed by atoms with van der Waals surface area (Å²) < 4.78 is 0. The third-order valence-electron chi connectivity index (χ3n) is 1.27. The molecule has 0 spiro atoms. The van der Waals surface area contributed by atoms with Crippen LogP contribution in [0.1, 0.15) is 13.3 Å². The van der Waals surface area contributed by atoms with Gasteiger partial charge in [-0.05, 0) is 12.3 Å². The van der Waals surface area contributed by atoms with Crippen molar-refractivity contribution in [3.8, 4) is 0 Å². The molecule has 56 valence electrons. The van der Waals surface area contributed by atoms with Crippen LogP contribution in [0.2, 0.25) is 0 Å². The molecule has 1 atom stereocenters. The lowest BCUT2D eigenvalue weighted by molar-refractivity contribution is -0.132. The lowest BCUT2D eigenvalue weighted by Crippen LogP contribution is -2.02. The van der Waals surface area contributed by atoms with E-state index in [1.165, 1.54) is 0 Å². The fraction of sp³-hybridized carbons (Fsp3) is 0.375. The Kier molecular flexibility index (Phi) is 3.47. The quantitative estimate of drug-likeness (QED) is 0.478. The normalized spacial score (nSPS) is 12.1. The lowest BCUT2D eigenvalue weighted by Gasteiger charge is -2.03. The summed E-state index contributed by atoms with van der Waals surface area (Å²) in [6, 6.07) is 0. The molecular weight excluding hydrogens is 128 g/mol. The average molecular weight is 140 g/mol. The highest BCUT2D eigenvalue weighted by Gasteiger charge is 2.05. The molecule has 10 heavy (non-hydrogen) atoms. The summed E-state index contributed by atoms with van der Waals surface area (Å²) in [7, 11) is 0. The van der Waals surface area contributed by atoms with Gasteiger partial charge in [-0.3, -0.25) is 0 Å². The molecule has 0 radical (unpaired) electrons. The van der Waals surface area contributed by atoms with Gasteiger partial charge in [-0.15, -0.1) is 6.58 Å². The van der Waals surface area contributed by atoms with Crippen molar-refractivity contribution in [1.82, 2.24) is 0 Å². The molecule has 0 rings (SSSR count). The van der Waals surface area contributed by atoms with Gasteiger partial charge in [0.05, 0.1) is 0 Å². The van der Waals surface area contributed by atoms with Gasteiger partial charge in [-0.25, -0.2) is 4.79 Å². The van der Waals surface area contributed by atoms with E-state index in [1.54, 1.807) is 6.08 Å². The fourth-order valence-electron chi connectivity index (χ4n) is 0.559. The van der Waals surface area contributed by atoms with Crippen molar-refractivity contribution in [3.63, 3.8) is 0 Å². The molecule has 1 N–H and O–H groups in total. The summed E-state index contributed by atoms with van der Waals surface area (Å²) in [5.41, 5.74) is 0.243. The SMILES string of the molecule is C=CC(C)CC(=C)C(=O)O. The summed E-state index contributed by atoms with van der Waals surface area (Å²) >= 11 is 0. The van der Waals surface area contributed by atoms with Gasteiger partial charge in [-0.2, -0.15) is 0 Å². The Morgan fingerprint density at radius 1 is 1.80 bits per heavy atom. The summed E-state index contributed by atoms with van der Waals surface area (Å²) in [6.07, 6.45) is 2.20. The third-order valence-corrected chi connectivity index (χ3v) is 1.27. The fourth-order valence-corrected chi connectivity index (χ4v) is 0.559. The number of hydrogen-bond donors (Lipinski definition) is 1. The Morgan fingerprint density at radius 3 is 2.60 bits per heavy atom. The number of carboxylic acids is 1. The standard InChI is InChI=1S/C8H12O2/c1-4-6(2)5-7(3)8(9)10/h4,6H,1,3,5H2,2H3,(H,9,10). The average Bonchev–Trinajstić information content (AvgIpc) is 1.87. The van der Waals surface area contributed by atoms with Crippen molar-refractivity contribution in [3.05, 3.63) is 24.8 Å². The maximum atomic E-state index is 10.2. The van der Waals surface area contributed by atoms with Crippen LogP contribution >= 0.6 is 0 Å². The molecular formula is C8H12O2. The molecule has 0 aliphatic heterocycles. The molecule has 0 aromatic rings. The van der Waals surface area contributed by atoms with E-state index in [2.05, 4.69) is 13.2 Å². The van der Waals surface area contributed by atoms with Gasteiger partial charge < -0.3 is 5.11 Å². The minimum atomic E-state index is -0.922. The predicted molar refractivity (Wildman–Crippen MR) is 40.8 cm³/mol. The van der Waals surface area contributed by atoms with Crippen LogP contribution in [0.15, 0.2) is 24.8 Å². The lowest BCUT2D eigenvalue weighted by atomic mass is 10.0. The number of rotatable bonds is 4. The van der Waals surface area contributed by atoms with E-state index in [0.29, 0.717) is 6.42 Å². The Balaban J connectivity index is 3.79. The van der Waals surface area contributed by atoms with E-state index in [9.17, 15) is 4.79 Å². The molecule has 2 heteroatoms. The molecule has 0 aromatic carbocycles. The van der Waals surface area contributed by atoms with E-state index in [0.717, 1.165) is 0 Å². The summed E-state index contributed by atoms with van der Waals surface area (Å²) in [5.74, 6) is -0.725. The van der Waals surface area contributed by atoms with Crippen LogP contribution in [0.25, 0.3) is 0 Å². The highest BCUT2D eigenvalue weighted by Crippen LogP contribution is 2.09. The van der Waals surface area contributed by atoms with E-state index in [-0.39, 0.29) is 11.5 Å². The zero-order valence-corrected chi connectivity index (χ0v) is 6.13. The van der Waals surface area contributed by atoms with Crippen molar-refractivity contribution < 1.29 is 9.90 Å². The van der Waals surface area contributed by atoms with Crippen LogP contribution in [-0.2, 0) is 4.79 Å². The van der Waals surface area contributed by atoms with Gasteiger partial charge in [0.2, 0.25) is 0 Å². The molecule has 0 heterocycles. The molecule has 0 saturated heterocycles. The Morgan fingerprint density at radius 2 is 2.30 bits per heavy atom. The van der Waals surface area contributed by atoms with Crippen molar-refractivity contribution in [2.75, 3.05) is 0 Å². The highest BCUT2D eigenvalue weighted by molar-refractivity contribution is 5.85. The molecule has 0 amide bonds. The van der Waals surface area contributed by atoms with E-state index in [4.69, 9.17) is 5.11 Å². The number of carboxylic acid groups (broad SMARTS) is 1. The van der Waals surface area contributed by atoms with Crippen LogP contribution in [0.5, 0.6) is 0 Å². The molecule has 0 bridgehead atoms. The maximum absolute atomic E-state index is 10.2. The first-order chi connectivity index (χ1) is 4.57. The first kappa shape index (κ1) is 8.95. The topological polar surface area (TPSA) is 37.3 Å². The highest BCUT2D eigenvalue weighted by atomic mass is 16.4. The van der Waals surface area contributed by atoms with Gasteiger partial charge in [0, 0.05) is 5.57 Å². The number of aliphatic carboxylic acids is 1. The zero-order valence-electron chi connectivity index (χ0n) is 6.13. The van der Waals surface area contributed by atoms with Crippen molar-refractivity contribution in [2.24, 2.45) is 5.92 Å². The summed E-state index contributed by atoms with van der Waals surface area (Å²) in [6.45, 7) is 8.84. The smallest absolute Gasteiger partial charge is 0.330 e. The van der Waals surface area contributed by atoms with Crippen LogP contribution in [-0.4, -0.2) is 11.1 Å². The second-order valence-electron chi connectivity index (χ2n) is 2.33. The van der Waals surface area contributed by atoms with Crippen molar-refractivity contribution in [1.29, 1.82) is 0 Å². The maximum Gasteiger partial charge on any atom is 0.330 e. The van der Waals surface area contributed by atoms with Gasteiger partial charge in [-0.1, -0.05) is 19.6 Å². The number of hydrogen-bond acceptors (Lipinski definition) is 1.